The van der Waals surface area contributed by atoms with E-state index in [9.17, 15) is 15.0 Å². The first kappa shape index (κ1) is 15.5. The molecule has 2 N–H and O–H groups in total. The summed E-state index contributed by atoms with van der Waals surface area (Å²) in [7, 11) is 0. The van der Waals surface area contributed by atoms with Gasteiger partial charge in [-0.05, 0) is 38.7 Å². The molecular formula is C15H21ClO4. The van der Waals surface area contributed by atoms with Crippen molar-refractivity contribution < 1.29 is 19.7 Å². The summed E-state index contributed by atoms with van der Waals surface area (Å²) in [5.41, 5.74) is 1.15. The molecule has 0 unspecified atom stereocenters. The summed E-state index contributed by atoms with van der Waals surface area (Å²) < 4.78 is 5.24. The minimum Gasteiger partial charge on any atom is -0.456 e. The van der Waals surface area contributed by atoms with Gasteiger partial charge in [-0.1, -0.05) is 12.7 Å². The molecule has 0 radical (unpaired) electrons. The van der Waals surface area contributed by atoms with E-state index >= 15 is 0 Å². The molecule has 2 aliphatic rings. The second kappa shape index (κ2) is 5.51. The van der Waals surface area contributed by atoms with Gasteiger partial charge < -0.3 is 14.9 Å². The molecule has 2 rings (SSSR count). The van der Waals surface area contributed by atoms with Crippen molar-refractivity contribution in [3.05, 3.63) is 23.8 Å². The van der Waals surface area contributed by atoms with Crippen LogP contribution in [-0.2, 0) is 9.53 Å². The summed E-state index contributed by atoms with van der Waals surface area (Å²) in [5, 5.41) is 20.6. The Morgan fingerprint density at radius 1 is 1.50 bits per heavy atom. The highest BCUT2D eigenvalue weighted by atomic mass is 35.5. The van der Waals surface area contributed by atoms with Crippen LogP contribution in [0.2, 0.25) is 0 Å². The van der Waals surface area contributed by atoms with Gasteiger partial charge in [0.15, 0.2) is 0 Å². The van der Waals surface area contributed by atoms with Crippen LogP contribution in [-0.4, -0.2) is 39.4 Å². The topological polar surface area (TPSA) is 66.8 Å². The molecule has 4 nitrogen and oxygen atoms in total. The maximum atomic E-state index is 11.7. The van der Waals surface area contributed by atoms with Crippen LogP contribution in [0.3, 0.4) is 0 Å². The molecule has 1 fully saturated rings. The van der Waals surface area contributed by atoms with E-state index in [2.05, 4.69) is 6.58 Å². The Balaban J connectivity index is 2.37. The van der Waals surface area contributed by atoms with Crippen LogP contribution in [0.4, 0.5) is 0 Å². The summed E-state index contributed by atoms with van der Waals surface area (Å²) >= 11 is 6.41. The van der Waals surface area contributed by atoms with E-state index in [1.807, 2.05) is 13.0 Å². The number of hydrogen-bond acceptors (Lipinski definition) is 4. The standard InChI is InChI=1S/C15H21ClO4/c1-8-5-4-6-15(3,16)13(18)12-10(7-11(8)17)9(2)14(19)20-12/h5,10-13,17-18H,2,4,6-7H2,1,3H3/b8-5+/t10-,11+,12-,13+,15+/m0/s1. The molecule has 5 heteroatoms. The molecule has 1 saturated heterocycles. The van der Waals surface area contributed by atoms with Gasteiger partial charge in [0.1, 0.15) is 12.2 Å². The molecule has 0 aromatic carbocycles. The van der Waals surface area contributed by atoms with Crippen LogP contribution in [0.1, 0.15) is 33.1 Å². The van der Waals surface area contributed by atoms with Crippen molar-refractivity contribution in [3.8, 4) is 0 Å². The van der Waals surface area contributed by atoms with Crippen LogP contribution in [0, 0.1) is 5.92 Å². The Bertz CT molecular complexity index is 455. The lowest BCUT2D eigenvalue weighted by molar-refractivity contribution is -0.145. The van der Waals surface area contributed by atoms with E-state index in [-0.39, 0.29) is 0 Å². The Hall–Kier alpha value is -0.840. The van der Waals surface area contributed by atoms with E-state index in [0.717, 1.165) is 5.57 Å². The molecular weight excluding hydrogens is 280 g/mol. The number of aliphatic hydroxyl groups excluding tert-OH is 2. The number of ether oxygens (including phenoxy) is 1. The molecule has 0 spiro atoms. The Kier molecular flexibility index (Phi) is 4.28. The highest BCUT2D eigenvalue weighted by Crippen LogP contribution is 2.40. The summed E-state index contributed by atoms with van der Waals surface area (Å²) in [5.74, 6) is -0.924. The Morgan fingerprint density at radius 3 is 2.80 bits per heavy atom. The zero-order chi connectivity index (χ0) is 15.1. The van der Waals surface area contributed by atoms with Crippen LogP contribution in [0.5, 0.6) is 0 Å². The normalized spacial score (nSPS) is 45.4. The third-order valence-corrected chi connectivity index (χ3v) is 4.79. The number of aliphatic hydroxyl groups is 2. The van der Waals surface area contributed by atoms with Gasteiger partial charge in [0.25, 0.3) is 0 Å². The maximum absolute atomic E-state index is 11.7. The molecule has 1 aliphatic carbocycles. The van der Waals surface area contributed by atoms with Gasteiger partial charge in [-0.3, -0.25) is 0 Å². The second-order valence-electron chi connectivity index (χ2n) is 5.96. The van der Waals surface area contributed by atoms with E-state index < -0.39 is 35.1 Å². The smallest absolute Gasteiger partial charge is 0.334 e. The minimum absolute atomic E-state index is 0.300. The van der Waals surface area contributed by atoms with Gasteiger partial charge in [-0.25, -0.2) is 4.79 Å². The number of alkyl halides is 1. The molecule has 0 amide bonds. The average molecular weight is 301 g/mol. The fourth-order valence-electron chi connectivity index (χ4n) is 2.83. The number of carbonyl (C=O) groups excluding carboxylic acids is 1. The van der Waals surface area contributed by atoms with Crippen molar-refractivity contribution in [3.63, 3.8) is 0 Å². The lowest BCUT2D eigenvalue weighted by atomic mass is 9.81. The SMILES string of the molecule is C=C1C(=O)O[C@@H]2[C@@H](O)[C@](C)(Cl)CC/C=C(\C)[C@H](O)C[C@@H]12. The average Bonchev–Trinajstić information content (AvgIpc) is 2.64. The van der Waals surface area contributed by atoms with Crippen molar-refractivity contribution in [1.29, 1.82) is 0 Å². The Labute approximate surface area is 124 Å². The highest BCUT2D eigenvalue weighted by Gasteiger charge is 2.49. The Morgan fingerprint density at radius 2 is 2.15 bits per heavy atom. The summed E-state index contributed by atoms with van der Waals surface area (Å²) in [4.78, 5) is 10.8. The first-order valence-electron chi connectivity index (χ1n) is 6.85. The number of allylic oxidation sites excluding steroid dienone is 1. The molecule has 0 saturated carbocycles. The monoisotopic (exact) mass is 300 g/mol. The van der Waals surface area contributed by atoms with Gasteiger partial charge in [-0.15, -0.1) is 11.6 Å². The number of rotatable bonds is 0. The minimum atomic E-state index is -0.989. The van der Waals surface area contributed by atoms with Gasteiger partial charge in [0, 0.05) is 11.5 Å². The molecule has 20 heavy (non-hydrogen) atoms. The maximum Gasteiger partial charge on any atom is 0.334 e. The first-order chi connectivity index (χ1) is 9.24. The van der Waals surface area contributed by atoms with E-state index in [0.29, 0.717) is 24.8 Å². The highest BCUT2D eigenvalue weighted by molar-refractivity contribution is 6.24. The second-order valence-corrected chi connectivity index (χ2v) is 6.83. The predicted molar refractivity (Wildman–Crippen MR) is 76.4 cm³/mol. The van der Waals surface area contributed by atoms with Crippen molar-refractivity contribution in [2.75, 3.05) is 0 Å². The van der Waals surface area contributed by atoms with Gasteiger partial charge in [0.05, 0.1) is 11.0 Å². The summed E-state index contributed by atoms with van der Waals surface area (Å²) in [6.45, 7) is 7.32. The molecule has 0 aromatic heterocycles. The van der Waals surface area contributed by atoms with Crippen molar-refractivity contribution >= 4 is 17.6 Å². The zero-order valence-electron chi connectivity index (χ0n) is 11.8. The summed E-state index contributed by atoms with van der Waals surface area (Å²) in [6.07, 6.45) is 1.04. The quantitative estimate of drug-likeness (QED) is 0.310. The lowest BCUT2D eigenvalue weighted by Gasteiger charge is -2.35. The van der Waals surface area contributed by atoms with Crippen LogP contribution in [0.15, 0.2) is 23.8 Å². The molecule has 0 bridgehead atoms. The molecule has 1 aliphatic heterocycles. The zero-order valence-corrected chi connectivity index (χ0v) is 12.6. The van der Waals surface area contributed by atoms with Crippen molar-refractivity contribution in [1.82, 2.24) is 0 Å². The molecule has 0 aromatic rings. The van der Waals surface area contributed by atoms with E-state index in [1.165, 1.54) is 0 Å². The molecule has 5 atom stereocenters. The molecule has 1 heterocycles. The molecule has 112 valence electrons. The first-order valence-corrected chi connectivity index (χ1v) is 7.23. The number of esters is 1. The van der Waals surface area contributed by atoms with Crippen molar-refractivity contribution in [2.24, 2.45) is 5.92 Å². The van der Waals surface area contributed by atoms with E-state index in [1.54, 1.807) is 6.92 Å². The van der Waals surface area contributed by atoms with E-state index in [4.69, 9.17) is 16.3 Å². The van der Waals surface area contributed by atoms with Gasteiger partial charge >= 0.3 is 5.97 Å². The fraction of sp³-hybridized carbons (Fsp3) is 0.667. The lowest BCUT2D eigenvalue weighted by Crippen LogP contribution is -2.46. The number of carbonyl (C=O) groups is 1. The fourth-order valence-corrected chi connectivity index (χ4v) is 3.06. The van der Waals surface area contributed by atoms with Crippen LogP contribution < -0.4 is 0 Å². The largest absolute Gasteiger partial charge is 0.456 e. The van der Waals surface area contributed by atoms with Gasteiger partial charge in [0.2, 0.25) is 0 Å². The number of hydrogen-bond donors (Lipinski definition) is 2. The van der Waals surface area contributed by atoms with Crippen LogP contribution >= 0.6 is 11.6 Å². The van der Waals surface area contributed by atoms with Crippen molar-refractivity contribution in [2.45, 2.75) is 56.3 Å². The number of halogens is 1. The van der Waals surface area contributed by atoms with Crippen LogP contribution in [0.25, 0.3) is 0 Å². The number of fused-ring (bicyclic) bond motifs is 1. The third-order valence-electron chi connectivity index (χ3n) is 4.38. The third kappa shape index (κ3) is 2.78. The summed E-state index contributed by atoms with van der Waals surface area (Å²) in [6, 6.07) is 0. The van der Waals surface area contributed by atoms with Gasteiger partial charge in [-0.2, -0.15) is 0 Å². The predicted octanol–water partition coefficient (Wildman–Crippen LogP) is 1.93.